The number of hydrogen-bond acceptors (Lipinski definition) is 4. The number of hydrazone groups is 1. The fraction of sp³-hybridized carbons (Fsp3) is 0.182. The number of nitrogens with zero attached hydrogens (tertiary/aromatic N) is 2. The van der Waals surface area contributed by atoms with Crippen LogP contribution in [0.4, 0.5) is 0 Å². The molecular formula is C11H13N3O2S. The zero-order chi connectivity index (χ0) is 12.7. The topological polar surface area (TPSA) is 67.9 Å². The van der Waals surface area contributed by atoms with Gasteiger partial charge in [-0.15, -0.1) is 0 Å². The number of thiocarbonyl (C=S) groups is 1. The number of rotatable bonds is 5. The van der Waals surface area contributed by atoms with Crippen molar-refractivity contribution in [3.63, 3.8) is 0 Å². The molecule has 17 heavy (non-hydrogen) atoms. The highest BCUT2D eigenvalue weighted by Crippen LogP contribution is 2.13. The number of carbonyl (C=O) groups is 1. The molecule has 1 rings (SSSR count). The molecule has 0 aliphatic heterocycles. The molecular weight excluding hydrogens is 238 g/mol. The van der Waals surface area contributed by atoms with Gasteiger partial charge >= 0.3 is 0 Å². The van der Waals surface area contributed by atoms with Gasteiger partial charge < -0.3 is 10.5 Å². The third-order valence-electron chi connectivity index (χ3n) is 2.01. The summed E-state index contributed by atoms with van der Waals surface area (Å²) in [4.78, 5) is 10.2. The zero-order valence-corrected chi connectivity index (χ0v) is 10.2. The Kier molecular flexibility index (Phi) is 5.09. The Hall–Kier alpha value is -1.95. The summed E-state index contributed by atoms with van der Waals surface area (Å²) >= 11 is 4.83. The van der Waals surface area contributed by atoms with Crippen LogP contribution in [0.5, 0.6) is 5.75 Å². The minimum Gasteiger partial charge on any atom is -0.497 e. The lowest BCUT2D eigenvalue weighted by Crippen LogP contribution is -2.30. The minimum absolute atomic E-state index is 0.110. The van der Waals surface area contributed by atoms with E-state index in [0.29, 0.717) is 12.8 Å². The summed E-state index contributed by atoms with van der Waals surface area (Å²) in [6.07, 6.45) is 1.67. The number of nitrogens with two attached hydrogens (primary N) is 1. The molecule has 0 saturated carbocycles. The molecule has 0 heterocycles. The average molecular weight is 251 g/mol. The summed E-state index contributed by atoms with van der Waals surface area (Å²) in [6.45, 7) is 0.406. The first kappa shape index (κ1) is 13.1. The van der Waals surface area contributed by atoms with E-state index in [1.165, 1.54) is 5.01 Å². The van der Waals surface area contributed by atoms with Crippen molar-refractivity contribution in [3.05, 3.63) is 29.8 Å². The van der Waals surface area contributed by atoms with Crippen LogP contribution in [0.15, 0.2) is 29.4 Å². The molecule has 6 heteroatoms. The van der Waals surface area contributed by atoms with Crippen molar-refractivity contribution < 1.29 is 9.53 Å². The quantitative estimate of drug-likeness (QED) is 0.365. The van der Waals surface area contributed by atoms with Gasteiger partial charge in [0.2, 0.25) is 0 Å². The van der Waals surface area contributed by atoms with Crippen molar-refractivity contribution in [2.24, 2.45) is 10.8 Å². The Labute approximate surface area is 105 Å². The maximum atomic E-state index is 10.2. The summed E-state index contributed by atoms with van der Waals surface area (Å²) < 4.78 is 5.05. The first-order valence-electron chi connectivity index (χ1n) is 4.85. The van der Waals surface area contributed by atoms with Gasteiger partial charge in [-0.3, -0.25) is 4.79 Å². The van der Waals surface area contributed by atoms with Crippen molar-refractivity contribution in [1.82, 2.24) is 5.01 Å². The maximum absolute atomic E-state index is 10.2. The van der Waals surface area contributed by atoms with E-state index in [1.54, 1.807) is 7.11 Å². The van der Waals surface area contributed by atoms with Crippen LogP contribution in [-0.4, -0.2) is 29.7 Å². The SMILES string of the molecule is COc1ccc(CN(N=CC=O)C(N)=S)cc1. The van der Waals surface area contributed by atoms with Crippen LogP contribution in [0.1, 0.15) is 5.56 Å². The van der Waals surface area contributed by atoms with Gasteiger partial charge in [0.15, 0.2) is 11.4 Å². The summed E-state index contributed by atoms with van der Waals surface area (Å²) in [6, 6.07) is 7.41. The third kappa shape index (κ3) is 4.20. The number of methoxy groups -OCH3 is 1. The van der Waals surface area contributed by atoms with Crippen molar-refractivity contribution in [1.29, 1.82) is 0 Å². The molecule has 0 amide bonds. The highest BCUT2D eigenvalue weighted by atomic mass is 32.1. The molecule has 90 valence electrons. The summed E-state index contributed by atoms with van der Waals surface area (Å²) in [5, 5.41) is 5.30. The van der Waals surface area contributed by atoms with Gasteiger partial charge in [0, 0.05) is 0 Å². The molecule has 1 aromatic rings. The normalized spacial score (nSPS) is 10.2. The summed E-state index contributed by atoms with van der Waals surface area (Å²) in [5.74, 6) is 0.770. The van der Waals surface area contributed by atoms with Gasteiger partial charge in [0.25, 0.3) is 0 Å². The largest absolute Gasteiger partial charge is 0.497 e. The van der Waals surface area contributed by atoms with Gasteiger partial charge in [-0.1, -0.05) is 12.1 Å². The molecule has 0 radical (unpaired) electrons. The van der Waals surface area contributed by atoms with E-state index >= 15 is 0 Å². The lowest BCUT2D eigenvalue weighted by molar-refractivity contribution is -0.102. The number of benzene rings is 1. The molecule has 0 atom stereocenters. The fourth-order valence-corrected chi connectivity index (χ4v) is 1.30. The molecule has 0 spiro atoms. The van der Waals surface area contributed by atoms with Crippen LogP contribution in [0.3, 0.4) is 0 Å². The molecule has 0 aliphatic rings. The predicted octanol–water partition coefficient (Wildman–Crippen LogP) is 0.925. The molecule has 0 fully saturated rings. The zero-order valence-electron chi connectivity index (χ0n) is 9.37. The van der Waals surface area contributed by atoms with Crippen LogP contribution in [0.2, 0.25) is 0 Å². The van der Waals surface area contributed by atoms with Crippen molar-refractivity contribution in [3.8, 4) is 5.75 Å². The number of aldehydes is 1. The van der Waals surface area contributed by atoms with E-state index in [9.17, 15) is 4.79 Å². The van der Waals surface area contributed by atoms with Crippen molar-refractivity contribution in [2.75, 3.05) is 7.11 Å². The molecule has 0 unspecified atom stereocenters. The standard InChI is InChI=1S/C11H13N3O2S/c1-16-10-4-2-9(3-5-10)8-14(11(12)17)13-6-7-15/h2-7H,8H2,1H3,(H2,12,17). The van der Waals surface area contributed by atoms with Gasteiger partial charge in [0.1, 0.15) is 5.75 Å². The van der Waals surface area contributed by atoms with Crippen LogP contribution in [0, 0.1) is 0 Å². The second-order valence-electron chi connectivity index (χ2n) is 3.14. The Morgan fingerprint density at radius 2 is 2.18 bits per heavy atom. The van der Waals surface area contributed by atoms with E-state index in [0.717, 1.165) is 17.5 Å². The van der Waals surface area contributed by atoms with E-state index in [4.69, 9.17) is 22.7 Å². The fourth-order valence-electron chi connectivity index (χ4n) is 1.19. The molecule has 2 N–H and O–H groups in total. The Morgan fingerprint density at radius 1 is 1.53 bits per heavy atom. The van der Waals surface area contributed by atoms with Crippen LogP contribution >= 0.6 is 12.2 Å². The Balaban J connectivity index is 2.74. The summed E-state index contributed by atoms with van der Waals surface area (Å²) in [5.41, 5.74) is 6.44. The van der Waals surface area contributed by atoms with Gasteiger partial charge in [-0.05, 0) is 29.9 Å². The number of carbonyl (C=O) groups excluding carboxylic acids is 1. The Bertz CT molecular complexity index is 417. The van der Waals surface area contributed by atoms with Gasteiger partial charge in [0.05, 0.1) is 19.9 Å². The smallest absolute Gasteiger partial charge is 0.187 e. The number of ether oxygens (including phenoxy) is 1. The van der Waals surface area contributed by atoms with Gasteiger partial charge in [-0.2, -0.15) is 5.10 Å². The van der Waals surface area contributed by atoms with Crippen LogP contribution in [-0.2, 0) is 11.3 Å². The minimum atomic E-state index is 0.110. The second kappa shape index (κ2) is 6.59. The highest BCUT2D eigenvalue weighted by Gasteiger charge is 2.05. The average Bonchev–Trinajstić information content (AvgIpc) is 2.35. The Morgan fingerprint density at radius 3 is 2.65 bits per heavy atom. The molecule has 0 aliphatic carbocycles. The molecule has 0 bridgehead atoms. The van der Waals surface area contributed by atoms with Crippen molar-refractivity contribution in [2.45, 2.75) is 6.54 Å². The first-order valence-corrected chi connectivity index (χ1v) is 5.26. The molecule has 1 aromatic carbocycles. The van der Waals surface area contributed by atoms with E-state index in [2.05, 4.69) is 5.10 Å². The van der Waals surface area contributed by atoms with Crippen LogP contribution in [0.25, 0.3) is 0 Å². The predicted molar refractivity (Wildman–Crippen MR) is 69.9 cm³/mol. The van der Waals surface area contributed by atoms with E-state index in [1.807, 2.05) is 24.3 Å². The van der Waals surface area contributed by atoms with Crippen LogP contribution < -0.4 is 10.5 Å². The van der Waals surface area contributed by atoms with Gasteiger partial charge in [-0.25, -0.2) is 5.01 Å². The first-order chi connectivity index (χ1) is 8.17. The molecule has 0 aromatic heterocycles. The lowest BCUT2D eigenvalue weighted by Gasteiger charge is -2.16. The summed E-state index contributed by atoms with van der Waals surface area (Å²) in [7, 11) is 1.60. The molecule has 5 nitrogen and oxygen atoms in total. The monoisotopic (exact) mass is 251 g/mol. The highest BCUT2D eigenvalue weighted by molar-refractivity contribution is 7.80. The maximum Gasteiger partial charge on any atom is 0.187 e. The number of hydrogen-bond donors (Lipinski definition) is 1. The lowest BCUT2D eigenvalue weighted by atomic mass is 10.2. The molecule has 0 saturated heterocycles. The second-order valence-corrected chi connectivity index (χ2v) is 3.56. The van der Waals surface area contributed by atoms with E-state index in [-0.39, 0.29) is 5.11 Å². The van der Waals surface area contributed by atoms with E-state index < -0.39 is 0 Å². The third-order valence-corrected chi connectivity index (χ3v) is 2.22. The van der Waals surface area contributed by atoms with Crippen molar-refractivity contribution >= 4 is 29.8 Å².